The van der Waals surface area contributed by atoms with Crippen molar-refractivity contribution in [3.63, 3.8) is 0 Å². The summed E-state index contributed by atoms with van der Waals surface area (Å²) in [4.78, 5) is 14.5. The zero-order chi connectivity index (χ0) is 23.3. The van der Waals surface area contributed by atoms with Crippen LogP contribution >= 0.6 is 0 Å². The van der Waals surface area contributed by atoms with Crippen molar-refractivity contribution in [2.75, 3.05) is 13.1 Å². The Morgan fingerprint density at radius 1 is 1.09 bits per heavy atom. The summed E-state index contributed by atoms with van der Waals surface area (Å²) in [6.07, 6.45) is 11.1. The van der Waals surface area contributed by atoms with E-state index in [9.17, 15) is 14.3 Å². The van der Waals surface area contributed by atoms with E-state index >= 15 is 0 Å². The van der Waals surface area contributed by atoms with E-state index in [-0.39, 0.29) is 29.5 Å². The van der Waals surface area contributed by atoms with Crippen molar-refractivity contribution in [1.29, 1.82) is 0 Å². The molecule has 0 saturated heterocycles. The standard InChI is InChI=1S/C28H44FNO2/c1-20-17-23(13-14-24(20)29)27-22(18-26(31)32)11-8-12-25(27)30(16-15-28(2,3)4)19-21-9-6-5-7-10-21/h13-14,17,21-22,25,27H,5-12,15-16,18-19H2,1-4H3,(H,31,32). The van der Waals surface area contributed by atoms with E-state index in [1.165, 1.54) is 32.1 Å². The molecular weight excluding hydrogens is 401 g/mol. The lowest BCUT2D eigenvalue weighted by Gasteiger charge is -2.46. The van der Waals surface area contributed by atoms with Gasteiger partial charge in [-0.1, -0.05) is 58.6 Å². The first-order valence-electron chi connectivity index (χ1n) is 12.9. The number of aryl methyl sites for hydroxylation is 1. The fourth-order valence-corrected chi connectivity index (χ4v) is 6.07. The monoisotopic (exact) mass is 445 g/mol. The van der Waals surface area contributed by atoms with Gasteiger partial charge in [0.2, 0.25) is 0 Å². The van der Waals surface area contributed by atoms with Gasteiger partial charge in [-0.15, -0.1) is 0 Å². The number of carboxylic acid groups (broad SMARTS) is 1. The SMILES string of the molecule is Cc1cc(C2C(CC(=O)O)CCCC2N(CCC(C)(C)C)CC2CCCCC2)ccc1F. The minimum atomic E-state index is -0.715. The Labute approximate surface area is 194 Å². The molecule has 0 aliphatic heterocycles. The number of aliphatic carboxylic acids is 1. The van der Waals surface area contributed by atoms with E-state index in [0.717, 1.165) is 50.3 Å². The second kappa shape index (κ2) is 11.1. The molecule has 0 spiro atoms. The predicted molar refractivity (Wildman–Crippen MR) is 129 cm³/mol. The maximum absolute atomic E-state index is 14.1. The summed E-state index contributed by atoms with van der Waals surface area (Å²) in [7, 11) is 0. The van der Waals surface area contributed by atoms with Crippen LogP contribution in [-0.4, -0.2) is 35.1 Å². The third kappa shape index (κ3) is 7.04. The number of rotatable bonds is 8. The van der Waals surface area contributed by atoms with Gasteiger partial charge in [-0.3, -0.25) is 9.69 Å². The van der Waals surface area contributed by atoms with E-state index < -0.39 is 5.97 Å². The second-order valence-electron chi connectivity index (χ2n) is 11.7. The molecule has 0 amide bonds. The normalized spacial score (nSPS) is 25.2. The highest BCUT2D eigenvalue weighted by Gasteiger charge is 2.39. The number of hydrogen-bond donors (Lipinski definition) is 1. The topological polar surface area (TPSA) is 40.5 Å². The van der Waals surface area contributed by atoms with Gasteiger partial charge in [-0.05, 0) is 80.0 Å². The summed E-state index contributed by atoms with van der Waals surface area (Å²) in [5, 5.41) is 9.65. The Morgan fingerprint density at radius 2 is 1.81 bits per heavy atom. The Kier molecular flexibility index (Phi) is 8.77. The average Bonchev–Trinajstić information content (AvgIpc) is 2.73. The summed E-state index contributed by atoms with van der Waals surface area (Å²) in [5.74, 6) is 0.122. The maximum Gasteiger partial charge on any atom is 0.303 e. The summed E-state index contributed by atoms with van der Waals surface area (Å²) in [5.41, 5.74) is 2.06. The van der Waals surface area contributed by atoms with Crippen molar-refractivity contribution >= 4 is 5.97 Å². The van der Waals surface area contributed by atoms with E-state index in [1.54, 1.807) is 6.07 Å². The molecule has 1 aromatic carbocycles. The first-order valence-corrected chi connectivity index (χ1v) is 12.9. The highest BCUT2D eigenvalue weighted by molar-refractivity contribution is 5.67. The lowest BCUT2D eigenvalue weighted by atomic mass is 9.70. The summed E-state index contributed by atoms with van der Waals surface area (Å²) in [6.45, 7) is 10.9. The third-order valence-corrected chi connectivity index (χ3v) is 7.84. The first kappa shape index (κ1) is 25.2. The molecule has 0 radical (unpaired) electrons. The van der Waals surface area contributed by atoms with Crippen LogP contribution in [0.1, 0.15) is 102 Å². The molecule has 2 fully saturated rings. The molecule has 2 aliphatic carbocycles. The minimum absolute atomic E-state index is 0.111. The Hall–Kier alpha value is -1.42. The summed E-state index contributed by atoms with van der Waals surface area (Å²) in [6, 6.07) is 5.81. The lowest BCUT2D eigenvalue weighted by molar-refractivity contribution is -0.138. The molecule has 32 heavy (non-hydrogen) atoms. The molecule has 4 heteroatoms. The molecule has 1 aromatic rings. The Morgan fingerprint density at radius 3 is 2.44 bits per heavy atom. The molecular formula is C28H44FNO2. The molecule has 3 rings (SSSR count). The van der Waals surface area contributed by atoms with Crippen LogP contribution < -0.4 is 0 Å². The quantitative estimate of drug-likeness (QED) is 0.461. The lowest BCUT2D eigenvalue weighted by Crippen LogP contribution is -2.48. The zero-order valence-electron chi connectivity index (χ0n) is 20.7. The number of halogens is 1. The molecule has 1 N–H and O–H groups in total. The molecule has 3 unspecified atom stereocenters. The molecule has 2 aliphatic rings. The van der Waals surface area contributed by atoms with Crippen molar-refractivity contribution < 1.29 is 14.3 Å². The summed E-state index contributed by atoms with van der Waals surface area (Å²) >= 11 is 0. The van der Waals surface area contributed by atoms with Gasteiger partial charge in [-0.2, -0.15) is 0 Å². The van der Waals surface area contributed by atoms with Crippen molar-refractivity contribution in [2.24, 2.45) is 17.3 Å². The average molecular weight is 446 g/mol. The fraction of sp³-hybridized carbons (Fsp3) is 0.750. The van der Waals surface area contributed by atoms with Crippen LogP contribution in [0.5, 0.6) is 0 Å². The van der Waals surface area contributed by atoms with E-state index in [1.807, 2.05) is 19.1 Å². The largest absolute Gasteiger partial charge is 0.481 e. The number of benzene rings is 1. The second-order valence-corrected chi connectivity index (χ2v) is 11.7. The van der Waals surface area contributed by atoms with Gasteiger partial charge in [0, 0.05) is 24.9 Å². The van der Waals surface area contributed by atoms with E-state index in [0.29, 0.717) is 11.6 Å². The van der Waals surface area contributed by atoms with Crippen molar-refractivity contribution in [3.8, 4) is 0 Å². The van der Waals surface area contributed by atoms with Crippen LogP contribution in [0.2, 0.25) is 0 Å². The highest BCUT2D eigenvalue weighted by atomic mass is 19.1. The number of hydrogen-bond acceptors (Lipinski definition) is 2. The predicted octanol–water partition coefficient (Wildman–Crippen LogP) is 7.18. The van der Waals surface area contributed by atoms with Crippen molar-refractivity contribution in [2.45, 2.75) is 104 Å². The molecule has 180 valence electrons. The van der Waals surface area contributed by atoms with Crippen LogP contribution in [0.25, 0.3) is 0 Å². The van der Waals surface area contributed by atoms with Crippen LogP contribution in [0.3, 0.4) is 0 Å². The van der Waals surface area contributed by atoms with Gasteiger partial charge in [0.15, 0.2) is 0 Å². The van der Waals surface area contributed by atoms with E-state index in [2.05, 4.69) is 25.7 Å². The molecule has 0 heterocycles. The van der Waals surface area contributed by atoms with Gasteiger partial charge in [-0.25, -0.2) is 4.39 Å². The summed E-state index contributed by atoms with van der Waals surface area (Å²) < 4.78 is 14.1. The minimum Gasteiger partial charge on any atom is -0.481 e. The first-order chi connectivity index (χ1) is 15.1. The molecule has 2 saturated carbocycles. The number of nitrogens with zero attached hydrogens (tertiary/aromatic N) is 1. The number of carboxylic acids is 1. The molecule has 3 nitrogen and oxygen atoms in total. The molecule has 0 bridgehead atoms. The van der Waals surface area contributed by atoms with Crippen molar-refractivity contribution in [3.05, 3.63) is 35.1 Å². The van der Waals surface area contributed by atoms with Gasteiger partial charge in [0.05, 0.1) is 0 Å². The smallest absolute Gasteiger partial charge is 0.303 e. The van der Waals surface area contributed by atoms with Gasteiger partial charge in [0.25, 0.3) is 0 Å². The maximum atomic E-state index is 14.1. The van der Waals surface area contributed by atoms with Crippen LogP contribution in [0, 0.1) is 30.0 Å². The third-order valence-electron chi connectivity index (χ3n) is 7.84. The number of carbonyl (C=O) groups is 1. The van der Waals surface area contributed by atoms with Crippen LogP contribution in [0.4, 0.5) is 4.39 Å². The zero-order valence-corrected chi connectivity index (χ0v) is 20.7. The van der Waals surface area contributed by atoms with Crippen LogP contribution in [-0.2, 0) is 4.79 Å². The molecule has 3 atom stereocenters. The molecule has 0 aromatic heterocycles. The highest BCUT2D eigenvalue weighted by Crippen LogP contribution is 2.43. The van der Waals surface area contributed by atoms with Crippen LogP contribution in [0.15, 0.2) is 18.2 Å². The van der Waals surface area contributed by atoms with E-state index in [4.69, 9.17) is 0 Å². The van der Waals surface area contributed by atoms with Gasteiger partial charge in [0.1, 0.15) is 5.82 Å². The Bertz CT molecular complexity index is 750. The fourth-order valence-electron chi connectivity index (χ4n) is 6.07. The van der Waals surface area contributed by atoms with Crippen molar-refractivity contribution in [1.82, 2.24) is 4.90 Å². The Balaban J connectivity index is 1.92. The van der Waals surface area contributed by atoms with Gasteiger partial charge >= 0.3 is 5.97 Å². The van der Waals surface area contributed by atoms with Gasteiger partial charge < -0.3 is 5.11 Å².